The smallest absolute Gasteiger partial charge is 0.126 e. The van der Waals surface area contributed by atoms with E-state index in [4.69, 9.17) is 0 Å². The summed E-state index contributed by atoms with van der Waals surface area (Å²) in [5, 5.41) is 12.6. The van der Waals surface area contributed by atoms with Gasteiger partial charge in [0, 0.05) is 6.04 Å². The van der Waals surface area contributed by atoms with Gasteiger partial charge < -0.3 is 10.4 Å². The number of benzene rings is 2. The van der Waals surface area contributed by atoms with Crippen LogP contribution in [0.3, 0.4) is 0 Å². The minimum absolute atomic E-state index is 0.151. The first-order valence-corrected chi connectivity index (χ1v) is 6.42. The van der Waals surface area contributed by atoms with Gasteiger partial charge in [0.2, 0.25) is 0 Å². The summed E-state index contributed by atoms with van der Waals surface area (Å²) in [6.45, 7) is 2.76. The molecule has 1 atom stereocenters. The summed E-state index contributed by atoms with van der Waals surface area (Å²) in [5.41, 5.74) is 1.83. The molecule has 0 fully saturated rings. The molecule has 0 heterocycles. The van der Waals surface area contributed by atoms with E-state index in [1.165, 1.54) is 6.07 Å². The van der Waals surface area contributed by atoms with E-state index in [0.29, 0.717) is 13.0 Å². The van der Waals surface area contributed by atoms with Gasteiger partial charge in [-0.3, -0.25) is 0 Å². The Morgan fingerprint density at radius 1 is 1.11 bits per heavy atom. The Kier molecular flexibility index (Phi) is 4.53. The lowest BCUT2D eigenvalue weighted by Crippen LogP contribution is -2.21. The number of phenols is 1. The topological polar surface area (TPSA) is 32.3 Å². The zero-order chi connectivity index (χ0) is 13.7. The van der Waals surface area contributed by atoms with Crippen LogP contribution in [0.4, 0.5) is 4.39 Å². The highest BCUT2D eigenvalue weighted by atomic mass is 19.1. The maximum atomic E-state index is 13.4. The Labute approximate surface area is 112 Å². The van der Waals surface area contributed by atoms with Gasteiger partial charge in [-0.25, -0.2) is 4.39 Å². The largest absolute Gasteiger partial charge is 0.508 e. The summed E-state index contributed by atoms with van der Waals surface area (Å²) >= 11 is 0. The molecule has 0 aliphatic rings. The summed E-state index contributed by atoms with van der Waals surface area (Å²) in [5.74, 6) is 0.115. The van der Waals surface area contributed by atoms with Crippen molar-refractivity contribution in [3.8, 4) is 5.75 Å². The first-order chi connectivity index (χ1) is 9.16. The number of halogens is 1. The van der Waals surface area contributed by atoms with Gasteiger partial charge in [0.1, 0.15) is 11.6 Å². The van der Waals surface area contributed by atoms with Crippen LogP contribution in [-0.4, -0.2) is 11.7 Å². The van der Waals surface area contributed by atoms with Gasteiger partial charge in [0.05, 0.1) is 0 Å². The van der Waals surface area contributed by atoms with Gasteiger partial charge in [0.25, 0.3) is 0 Å². The highest BCUT2D eigenvalue weighted by Crippen LogP contribution is 2.16. The van der Waals surface area contributed by atoms with Crippen molar-refractivity contribution in [2.24, 2.45) is 0 Å². The van der Waals surface area contributed by atoms with Crippen LogP contribution >= 0.6 is 0 Å². The minimum atomic E-state index is -0.151. The third-order valence-corrected chi connectivity index (χ3v) is 3.20. The summed E-state index contributed by atoms with van der Waals surface area (Å²) in [4.78, 5) is 0. The van der Waals surface area contributed by atoms with E-state index in [1.807, 2.05) is 31.2 Å². The molecule has 0 aromatic heterocycles. The van der Waals surface area contributed by atoms with Crippen molar-refractivity contribution in [2.45, 2.75) is 19.4 Å². The normalized spacial score (nSPS) is 12.3. The summed E-state index contributed by atoms with van der Waals surface area (Å²) in [6, 6.07) is 14.1. The van der Waals surface area contributed by atoms with Crippen molar-refractivity contribution < 1.29 is 9.50 Å². The maximum Gasteiger partial charge on any atom is 0.126 e. The Morgan fingerprint density at radius 3 is 2.47 bits per heavy atom. The molecule has 2 aromatic rings. The zero-order valence-electron chi connectivity index (χ0n) is 10.9. The van der Waals surface area contributed by atoms with Crippen molar-refractivity contribution >= 4 is 0 Å². The van der Waals surface area contributed by atoms with E-state index in [1.54, 1.807) is 18.2 Å². The number of nitrogens with one attached hydrogen (secondary N) is 1. The standard InChI is InChI=1S/C16H18FNO/c1-12(13-6-8-15(19)9-7-13)18-11-10-14-4-2-3-5-16(14)17/h2-9,12,18-19H,10-11H2,1H3. The van der Waals surface area contributed by atoms with Crippen LogP contribution in [0.25, 0.3) is 0 Å². The van der Waals surface area contributed by atoms with E-state index in [9.17, 15) is 9.50 Å². The first kappa shape index (κ1) is 13.6. The van der Waals surface area contributed by atoms with Crippen LogP contribution in [0.1, 0.15) is 24.1 Å². The fourth-order valence-corrected chi connectivity index (χ4v) is 2.01. The van der Waals surface area contributed by atoms with E-state index in [0.717, 1.165) is 11.1 Å². The van der Waals surface area contributed by atoms with Crippen LogP contribution in [0.15, 0.2) is 48.5 Å². The lowest BCUT2D eigenvalue weighted by molar-refractivity contribution is 0.474. The summed E-state index contributed by atoms with van der Waals surface area (Å²) < 4.78 is 13.4. The van der Waals surface area contributed by atoms with Gasteiger partial charge in [-0.2, -0.15) is 0 Å². The molecule has 1 unspecified atom stereocenters. The molecule has 0 bridgehead atoms. The molecule has 3 heteroatoms. The van der Waals surface area contributed by atoms with Crippen molar-refractivity contribution in [1.82, 2.24) is 5.32 Å². The Hall–Kier alpha value is -1.87. The monoisotopic (exact) mass is 259 g/mol. The maximum absolute atomic E-state index is 13.4. The Morgan fingerprint density at radius 2 is 1.79 bits per heavy atom. The highest BCUT2D eigenvalue weighted by Gasteiger charge is 2.05. The minimum Gasteiger partial charge on any atom is -0.508 e. The predicted molar refractivity (Wildman–Crippen MR) is 74.6 cm³/mol. The van der Waals surface area contributed by atoms with Crippen LogP contribution in [0.5, 0.6) is 5.75 Å². The number of hydrogen-bond acceptors (Lipinski definition) is 2. The number of aromatic hydroxyl groups is 1. The molecular formula is C16H18FNO. The second kappa shape index (κ2) is 6.34. The molecule has 100 valence electrons. The molecule has 0 aliphatic heterocycles. The number of hydrogen-bond donors (Lipinski definition) is 2. The van der Waals surface area contributed by atoms with Gasteiger partial charge in [-0.1, -0.05) is 30.3 Å². The summed E-state index contributed by atoms with van der Waals surface area (Å²) in [6.07, 6.45) is 0.662. The lowest BCUT2D eigenvalue weighted by atomic mass is 10.1. The van der Waals surface area contributed by atoms with Crippen LogP contribution < -0.4 is 5.32 Å². The lowest BCUT2D eigenvalue weighted by Gasteiger charge is -2.14. The fourth-order valence-electron chi connectivity index (χ4n) is 2.01. The third-order valence-electron chi connectivity index (χ3n) is 3.20. The molecule has 0 aliphatic carbocycles. The molecule has 0 spiro atoms. The molecule has 0 saturated carbocycles. The molecule has 0 amide bonds. The molecule has 2 nitrogen and oxygen atoms in total. The zero-order valence-corrected chi connectivity index (χ0v) is 10.9. The van der Waals surface area contributed by atoms with Gasteiger partial charge in [-0.05, 0) is 49.2 Å². The SMILES string of the molecule is CC(NCCc1ccccc1F)c1ccc(O)cc1. The van der Waals surface area contributed by atoms with E-state index >= 15 is 0 Å². The Bertz CT molecular complexity index is 525. The molecule has 2 aromatic carbocycles. The second-order valence-electron chi connectivity index (χ2n) is 4.61. The van der Waals surface area contributed by atoms with Crippen molar-refractivity contribution in [3.05, 3.63) is 65.5 Å². The fraction of sp³-hybridized carbons (Fsp3) is 0.250. The van der Waals surface area contributed by atoms with Crippen molar-refractivity contribution in [3.63, 3.8) is 0 Å². The van der Waals surface area contributed by atoms with Crippen molar-refractivity contribution in [2.75, 3.05) is 6.54 Å². The van der Waals surface area contributed by atoms with Gasteiger partial charge >= 0.3 is 0 Å². The highest BCUT2D eigenvalue weighted by molar-refractivity contribution is 5.27. The second-order valence-corrected chi connectivity index (χ2v) is 4.61. The molecule has 2 rings (SSSR count). The average Bonchev–Trinajstić information content (AvgIpc) is 2.41. The van der Waals surface area contributed by atoms with Crippen LogP contribution in [-0.2, 0) is 6.42 Å². The molecular weight excluding hydrogens is 241 g/mol. The van der Waals surface area contributed by atoms with Crippen LogP contribution in [0, 0.1) is 5.82 Å². The molecule has 19 heavy (non-hydrogen) atoms. The summed E-state index contributed by atoms with van der Waals surface area (Å²) in [7, 11) is 0. The third kappa shape index (κ3) is 3.80. The van der Waals surface area contributed by atoms with E-state index < -0.39 is 0 Å². The number of rotatable bonds is 5. The van der Waals surface area contributed by atoms with Gasteiger partial charge in [0.15, 0.2) is 0 Å². The average molecular weight is 259 g/mol. The van der Waals surface area contributed by atoms with E-state index in [2.05, 4.69) is 5.32 Å². The molecule has 2 N–H and O–H groups in total. The first-order valence-electron chi connectivity index (χ1n) is 6.42. The molecule has 0 saturated heterocycles. The Balaban J connectivity index is 1.86. The van der Waals surface area contributed by atoms with Crippen LogP contribution in [0.2, 0.25) is 0 Å². The number of phenolic OH excluding ortho intramolecular Hbond substituents is 1. The predicted octanol–water partition coefficient (Wildman–Crippen LogP) is 3.42. The molecule has 0 radical (unpaired) electrons. The van der Waals surface area contributed by atoms with Gasteiger partial charge in [-0.15, -0.1) is 0 Å². The van der Waals surface area contributed by atoms with Crippen molar-refractivity contribution in [1.29, 1.82) is 0 Å². The quantitative estimate of drug-likeness (QED) is 0.862. The van der Waals surface area contributed by atoms with E-state index in [-0.39, 0.29) is 17.6 Å².